The van der Waals surface area contributed by atoms with Crippen LogP contribution in [0.2, 0.25) is 0 Å². The standard InChI is InChI=1S/C20H18N4O4S2/c1-2-23(11-17(25)21-12-3-4-14-15(9-12)28-7-6-27-14)19(26)16-10-13-18(30-16)22-20-24(13)5-8-29-20/h3-5,8-10H,2,6-7,11H2,1H3,(H,21,25). The highest BCUT2D eigenvalue weighted by Gasteiger charge is 2.22. The molecule has 154 valence electrons. The topological polar surface area (TPSA) is 85.2 Å². The summed E-state index contributed by atoms with van der Waals surface area (Å²) in [7, 11) is 0. The molecule has 0 radical (unpaired) electrons. The van der Waals surface area contributed by atoms with E-state index < -0.39 is 0 Å². The third-order valence-electron chi connectivity index (χ3n) is 4.78. The van der Waals surface area contributed by atoms with E-state index in [1.807, 2.05) is 29.0 Å². The molecule has 0 spiro atoms. The van der Waals surface area contributed by atoms with Crippen LogP contribution in [-0.4, -0.2) is 52.4 Å². The monoisotopic (exact) mass is 442 g/mol. The molecule has 8 nitrogen and oxygen atoms in total. The van der Waals surface area contributed by atoms with Gasteiger partial charge in [-0.3, -0.25) is 14.0 Å². The molecule has 5 rings (SSSR count). The zero-order chi connectivity index (χ0) is 20.7. The van der Waals surface area contributed by atoms with Crippen LogP contribution in [-0.2, 0) is 4.79 Å². The molecular weight excluding hydrogens is 424 g/mol. The minimum atomic E-state index is -0.273. The highest BCUT2D eigenvalue weighted by atomic mass is 32.1. The summed E-state index contributed by atoms with van der Waals surface area (Å²) < 4.78 is 13.0. The summed E-state index contributed by atoms with van der Waals surface area (Å²) in [5.41, 5.74) is 1.51. The van der Waals surface area contributed by atoms with Gasteiger partial charge in [0.2, 0.25) is 5.91 Å². The summed E-state index contributed by atoms with van der Waals surface area (Å²) in [4.78, 5) is 33.9. The Bertz CT molecular complexity index is 1260. The Hall–Kier alpha value is -3.11. The fourth-order valence-electron chi connectivity index (χ4n) is 3.33. The van der Waals surface area contributed by atoms with E-state index in [0.29, 0.717) is 41.8 Å². The van der Waals surface area contributed by atoms with E-state index in [-0.39, 0.29) is 18.4 Å². The minimum absolute atomic E-state index is 0.0413. The van der Waals surface area contributed by atoms with Gasteiger partial charge in [-0.25, -0.2) is 4.98 Å². The Morgan fingerprint density at radius 1 is 1.23 bits per heavy atom. The number of hydrogen-bond acceptors (Lipinski definition) is 7. The number of carbonyl (C=O) groups excluding carboxylic acids is 2. The lowest BCUT2D eigenvalue weighted by Crippen LogP contribution is -2.37. The Morgan fingerprint density at radius 3 is 2.90 bits per heavy atom. The SMILES string of the molecule is CCN(CC(=O)Nc1ccc2c(c1)OCCO2)C(=O)c1cc2c(nc3sccn32)s1. The number of rotatable bonds is 5. The van der Waals surface area contributed by atoms with Crippen molar-refractivity contribution in [2.24, 2.45) is 0 Å². The van der Waals surface area contributed by atoms with Gasteiger partial charge in [-0.1, -0.05) is 0 Å². The quantitative estimate of drug-likeness (QED) is 0.512. The highest BCUT2D eigenvalue weighted by molar-refractivity contribution is 7.21. The average Bonchev–Trinajstić information content (AvgIpc) is 3.44. The lowest BCUT2D eigenvalue weighted by atomic mass is 10.2. The number of aromatic nitrogens is 2. The summed E-state index contributed by atoms with van der Waals surface area (Å²) in [6.07, 6.45) is 1.94. The summed E-state index contributed by atoms with van der Waals surface area (Å²) in [5.74, 6) is 0.809. The van der Waals surface area contributed by atoms with Gasteiger partial charge >= 0.3 is 0 Å². The molecule has 0 saturated heterocycles. The minimum Gasteiger partial charge on any atom is -0.486 e. The number of benzene rings is 1. The summed E-state index contributed by atoms with van der Waals surface area (Å²) in [5, 5.41) is 4.79. The van der Waals surface area contributed by atoms with E-state index >= 15 is 0 Å². The summed E-state index contributed by atoms with van der Waals surface area (Å²) in [6, 6.07) is 7.09. The van der Waals surface area contributed by atoms with Crippen molar-refractivity contribution < 1.29 is 19.1 Å². The molecule has 1 N–H and O–H groups in total. The maximum Gasteiger partial charge on any atom is 0.264 e. The van der Waals surface area contributed by atoms with E-state index in [4.69, 9.17) is 9.47 Å². The van der Waals surface area contributed by atoms with E-state index in [2.05, 4.69) is 10.3 Å². The Kier molecular flexibility index (Phi) is 4.80. The maximum atomic E-state index is 13.0. The van der Waals surface area contributed by atoms with Crippen molar-refractivity contribution in [2.45, 2.75) is 6.92 Å². The molecule has 4 heterocycles. The molecule has 3 aromatic heterocycles. The van der Waals surface area contributed by atoms with Gasteiger partial charge in [0.15, 0.2) is 16.5 Å². The van der Waals surface area contributed by atoms with Crippen LogP contribution in [0.15, 0.2) is 35.8 Å². The fraction of sp³-hybridized carbons (Fsp3) is 0.250. The number of imidazole rings is 1. The number of hydrogen-bond donors (Lipinski definition) is 1. The lowest BCUT2D eigenvalue weighted by molar-refractivity contribution is -0.116. The molecule has 30 heavy (non-hydrogen) atoms. The van der Waals surface area contributed by atoms with Crippen molar-refractivity contribution in [3.63, 3.8) is 0 Å². The van der Waals surface area contributed by atoms with Gasteiger partial charge in [0.05, 0.1) is 10.4 Å². The number of ether oxygens (including phenoxy) is 2. The fourth-order valence-corrected chi connectivity index (χ4v) is 5.10. The van der Waals surface area contributed by atoms with Gasteiger partial charge < -0.3 is 19.7 Å². The molecule has 0 bridgehead atoms. The molecule has 1 aliphatic heterocycles. The van der Waals surface area contributed by atoms with Crippen LogP contribution in [0.25, 0.3) is 15.3 Å². The second-order valence-electron chi connectivity index (χ2n) is 6.69. The Morgan fingerprint density at radius 2 is 2.07 bits per heavy atom. The largest absolute Gasteiger partial charge is 0.486 e. The van der Waals surface area contributed by atoms with Crippen LogP contribution in [0.1, 0.15) is 16.6 Å². The maximum absolute atomic E-state index is 13.0. The molecular formula is C20H18N4O4S2. The first-order valence-electron chi connectivity index (χ1n) is 9.46. The van der Waals surface area contributed by atoms with Crippen molar-refractivity contribution in [3.05, 3.63) is 40.7 Å². The number of nitrogens with zero attached hydrogens (tertiary/aromatic N) is 3. The van der Waals surface area contributed by atoms with Crippen LogP contribution in [0.5, 0.6) is 11.5 Å². The molecule has 2 amide bonds. The van der Waals surface area contributed by atoms with Gasteiger partial charge in [-0.2, -0.15) is 0 Å². The number of likely N-dealkylation sites (N-methyl/N-ethyl adjacent to an activating group) is 1. The molecule has 4 aromatic rings. The van der Waals surface area contributed by atoms with E-state index in [1.165, 1.54) is 16.2 Å². The smallest absolute Gasteiger partial charge is 0.264 e. The molecule has 0 atom stereocenters. The van der Waals surface area contributed by atoms with Gasteiger partial charge in [-0.05, 0) is 25.1 Å². The van der Waals surface area contributed by atoms with Crippen molar-refractivity contribution in [3.8, 4) is 11.5 Å². The number of anilines is 1. The summed E-state index contributed by atoms with van der Waals surface area (Å²) >= 11 is 2.90. The van der Waals surface area contributed by atoms with Crippen LogP contribution in [0, 0.1) is 0 Å². The zero-order valence-corrected chi connectivity index (χ0v) is 17.7. The predicted molar refractivity (Wildman–Crippen MR) is 116 cm³/mol. The number of nitrogens with one attached hydrogen (secondary N) is 1. The Balaban J connectivity index is 1.29. The van der Waals surface area contributed by atoms with Crippen molar-refractivity contribution >= 4 is 55.5 Å². The molecule has 0 aliphatic carbocycles. The lowest BCUT2D eigenvalue weighted by Gasteiger charge is -2.21. The van der Waals surface area contributed by atoms with Crippen molar-refractivity contribution in [2.75, 3.05) is 31.6 Å². The van der Waals surface area contributed by atoms with E-state index in [9.17, 15) is 9.59 Å². The first-order valence-corrected chi connectivity index (χ1v) is 11.2. The molecule has 10 heteroatoms. The first kappa shape index (κ1) is 18.9. The van der Waals surface area contributed by atoms with Gasteiger partial charge in [-0.15, -0.1) is 22.7 Å². The van der Waals surface area contributed by atoms with Gasteiger partial charge in [0, 0.05) is 29.9 Å². The van der Waals surface area contributed by atoms with Crippen molar-refractivity contribution in [1.82, 2.24) is 14.3 Å². The summed E-state index contributed by atoms with van der Waals surface area (Å²) in [6.45, 7) is 3.22. The molecule has 0 fully saturated rings. The second kappa shape index (κ2) is 7.62. The number of carbonyl (C=O) groups is 2. The van der Waals surface area contributed by atoms with E-state index in [1.54, 1.807) is 29.5 Å². The number of amides is 2. The predicted octanol–water partition coefficient (Wildman–Crippen LogP) is 3.48. The molecule has 0 saturated carbocycles. The third kappa shape index (κ3) is 3.37. The van der Waals surface area contributed by atoms with Crippen LogP contribution >= 0.6 is 22.7 Å². The average molecular weight is 443 g/mol. The van der Waals surface area contributed by atoms with Gasteiger partial charge in [0.25, 0.3) is 5.91 Å². The van der Waals surface area contributed by atoms with Crippen LogP contribution < -0.4 is 14.8 Å². The van der Waals surface area contributed by atoms with Gasteiger partial charge in [0.1, 0.15) is 24.6 Å². The first-order chi connectivity index (χ1) is 14.6. The molecule has 0 unspecified atom stereocenters. The molecule has 1 aliphatic rings. The highest BCUT2D eigenvalue weighted by Crippen LogP contribution is 2.32. The third-order valence-corrected chi connectivity index (χ3v) is 6.54. The van der Waals surface area contributed by atoms with Crippen LogP contribution in [0.4, 0.5) is 5.69 Å². The van der Waals surface area contributed by atoms with Crippen LogP contribution in [0.3, 0.4) is 0 Å². The Labute approximate surface area is 179 Å². The second-order valence-corrected chi connectivity index (χ2v) is 8.60. The molecule has 1 aromatic carbocycles. The normalized spacial score (nSPS) is 13.0. The number of thiophene rings is 1. The number of thiazole rings is 1. The van der Waals surface area contributed by atoms with Crippen molar-refractivity contribution in [1.29, 1.82) is 0 Å². The number of fused-ring (bicyclic) bond motifs is 4. The zero-order valence-electron chi connectivity index (χ0n) is 16.1. The van der Waals surface area contributed by atoms with E-state index in [0.717, 1.165) is 15.3 Å².